The molecule has 0 bridgehead atoms. The Hall–Kier alpha value is -6.65. The number of fused-ring (bicyclic) bond motifs is 8. The highest BCUT2D eigenvalue weighted by molar-refractivity contribution is 6.09. The van der Waals surface area contributed by atoms with Crippen LogP contribution >= 0.6 is 0 Å². The third kappa shape index (κ3) is 5.16. The van der Waals surface area contributed by atoms with Crippen LogP contribution in [0, 0.1) is 0 Å². The summed E-state index contributed by atoms with van der Waals surface area (Å²) in [6.07, 6.45) is 6.24. The molecule has 0 atom stereocenters. The Labute approximate surface area is 320 Å². The maximum atomic E-state index is 6.48. The number of aromatic nitrogens is 3. The minimum absolute atomic E-state index is 0.0728. The van der Waals surface area contributed by atoms with Crippen molar-refractivity contribution < 1.29 is 4.42 Å². The molecule has 9 aromatic rings. The lowest BCUT2D eigenvalue weighted by Gasteiger charge is -2.37. The quantitative estimate of drug-likeness (QED) is 0.179. The number of furan rings is 1. The molecular weight excluding hydrogens is 671 g/mol. The first-order valence-corrected chi connectivity index (χ1v) is 19.4. The van der Waals surface area contributed by atoms with Gasteiger partial charge in [-0.05, 0) is 75.5 Å². The zero-order chi connectivity index (χ0) is 36.3. The first-order chi connectivity index (χ1) is 27.2. The maximum absolute atomic E-state index is 6.48. The Morgan fingerprint density at radius 2 is 1.00 bits per heavy atom. The van der Waals surface area contributed by atoms with Gasteiger partial charge in [0.1, 0.15) is 11.2 Å². The van der Waals surface area contributed by atoms with Crippen molar-refractivity contribution in [1.82, 2.24) is 15.0 Å². The van der Waals surface area contributed by atoms with Gasteiger partial charge in [-0.1, -0.05) is 165 Å². The van der Waals surface area contributed by atoms with E-state index in [1.807, 2.05) is 30.3 Å². The van der Waals surface area contributed by atoms with Gasteiger partial charge in [-0.25, -0.2) is 15.0 Å². The van der Waals surface area contributed by atoms with Gasteiger partial charge >= 0.3 is 0 Å². The number of hydrogen-bond donors (Lipinski definition) is 0. The summed E-state index contributed by atoms with van der Waals surface area (Å²) in [5.41, 5.74) is 15.0. The highest BCUT2D eigenvalue weighted by Crippen LogP contribution is 2.58. The molecule has 1 saturated carbocycles. The summed E-state index contributed by atoms with van der Waals surface area (Å²) >= 11 is 0. The molecule has 0 amide bonds. The molecule has 0 N–H and O–H groups in total. The van der Waals surface area contributed by atoms with Crippen molar-refractivity contribution in [3.63, 3.8) is 0 Å². The van der Waals surface area contributed by atoms with Crippen LogP contribution in [0.5, 0.6) is 0 Å². The maximum Gasteiger partial charge on any atom is 0.167 e. The van der Waals surface area contributed by atoms with Gasteiger partial charge in [0.2, 0.25) is 0 Å². The predicted molar refractivity (Wildman–Crippen MR) is 224 cm³/mol. The number of hydrogen-bond acceptors (Lipinski definition) is 4. The number of benzene rings is 7. The number of nitrogens with zero attached hydrogens (tertiary/aromatic N) is 3. The lowest BCUT2D eigenvalue weighted by atomic mass is 9.66. The van der Waals surface area contributed by atoms with E-state index in [-0.39, 0.29) is 5.41 Å². The Bertz CT molecular complexity index is 2900. The lowest BCUT2D eigenvalue weighted by molar-refractivity contribution is 0.353. The molecule has 55 heavy (non-hydrogen) atoms. The molecule has 11 rings (SSSR count). The van der Waals surface area contributed by atoms with E-state index >= 15 is 0 Å². The Kier molecular flexibility index (Phi) is 7.38. The summed E-state index contributed by atoms with van der Waals surface area (Å²) < 4.78 is 6.48. The smallest absolute Gasteiger partial charge is 0.167 e. The fourth-order valence-corrected chi connectivity index (χ4v) is 9.42. The van der Waals surface area contributed by atoms with Crippen molar-refractivity contribution in [3.8, 4) is 67.5 Å². The fourth-order valence-electron chi connectivity index (χ4n) is 9.42. The molecule has 2 aliphatic rings. The monoisotopic (exact) mass is 707 g/mol. The second-order valence-electron chi connectivity index (χ2n) is 15.0. The highest BCUT2D eigenvalue weighted by Gasteiger charge is 2.45. The number of para-hydroxylation sites is 2. The highest BCUT2D eigenvalue weighted by atomic mass is 16.3. The van der Waals surface area contributed by atoms with Crippen molar-refractivity contribution in [2.24, 2.45) is 0 Å². The van der Waals surface area contributed by atoms with Crippen LogP contribution in [0.1, 0.15) is 43.2 Å². The lowest BCUT2D eigenvalue weighted by Crippen LogP contribution is -2.28. The van der Waals surface area contributed by atoms with Crippen molar-refractivity contribution in [2.75, 3.05) is 0 Å². The Morgan fingerprint density at radius 1 is 0.400 bits per heavy atom. The average molecular weight is 708 g/mol. The van der Waals surface area contributed by atoms with Gasteiger partial charge in [-0.3, -0.25) is 0 Å². The fraction of sp³-hybridized carbons (Fsp3) is 0.118. The third-order valence-electron chi connectivity index (χ3n) is 11.9. The second-order valence-corrected chi connectivity index (χ2v) is 15.0. The van der Waals surface area contributed by atoms with E-state index < -0.39 is 0 Å². The van der Waals surface area contributed by atoms with Gasteiger partial charge in [0.15, 0.2) is 17.5 Å². The van der Waals surface area contributed by atoms with Gasteiger partial charge in [0, 0.05) is 27.3 Å². The van der Waals surface area contributed by atoms with Crippen LogP contribution in [0.15, 0.2) is 168 Å². The molecule has 0 aliphatic heterocycles. The topological polar surface area (TPSA) is 51.8 Å². The molecule has 2 aliphatic carbocycles. The molecule has 1 spiro atoms. The summed E-state index contributed by atoms with van der Waals surface area (Å²) in [6, 6.07) is 58.1. The molecule has 2 aromatic heterocycles. The van der Waals surface area contributed by atoms with Crippen molar-refractivity contribution in [1.29, 1.82) is 0 Å². The zero-order valence-corrected chi connectivity index (χ0v) is 30.4. The van der Waals surface area contributed by atoms with Crippen LogP contribution in [0.2, 0.25) is 0 Å². The van der Waals surface area contributed by atoms with E-state index in [9.17, 15) is 0 Å². The molecule has 0 unspecified atom stereocenters. The van der Waals surface area contributed by atoms with Crippen LogP contribution < -0.4 is 0 Å². The van der Waals surface area contributed by atoms with Crippen molar-refractivity contribution in [3.05, 3.63) is 175 Å². The third-order valence-corrected chi connectivity index (χ3v) is 11.9. The second kappa shape index (κ2) is 12.7. The van der Waals surface area contributed by atoms with Crippen LogP contribution in [0.25, 0.3) is 89.5 Å². The first kappa shape index (κ1) is 31.8. The summed E-state index contributed by atoms with van der Waals surface area (Å²) in [5, 5.41) is 2.12. The van der Waals surface area contributed by atoms with E-state index in [2.05, 4.69) is 133 Å². The summed E-state index contributed by atoms with van der Waals surface area (Å²) in [6.45, 7) is 0. The van der Waals surface area contributed by atoms with Gasteiger partial charge < -0.3 is 4.42 Å². The molecule has 0 radical (unpaired) electrons. The van der Waals surface area contributed by atoms with Gasteiger partial charge in [-0.2, -0.15) is 0 Å². The normalized spacial score (nSPS) is 14.3. The van der Waals surface area contributed by atoms with Crippen LogP contribution in [0.3, 0.4) is 0 Å². The minimum Gasteiger partial charge on any atom is -0.455 e. The van der Waals surface area contributed by atoms with Crippen molar-refractivity contribution >= 4 is 21.9 Å². The van der Waals surface area contributed by atoms with Gasteiger partial charge in [0.25, 0.3) is 0 Å². The van der Waals surface area contributed by atoms with E-state index in [0.717, 1.165) is 49.8 Å². The van der Waals surface area contributed by atoms with E-state index in [1.165, 1.54) is 65.5 Å². The SMILES string of the molecule is c1ccc(-c2cccc(-c3nc(-c4ccc(-c5cccc6c5C5(CCCCC5)c5ccccc5-6)cc4)nc(-c4cccc5c4oc4ccccc45)n3)c2)cc1. The molecule has 262 valence electrons. The molecule has 7 aromatic carbocycles. The molecule has 4 nitrogen and oxygen atoms in total. The van der Waals surface area contributed by atoms with E-state index in [4.69, 9.17) is 19.4 Å². The Morgan fingerprint density at radius 3 is 1.87 bits per heavy atom. The molecule has 0 saturated heterocycles. The molecular formula is C51H37N3O. The molecule has 2 heterocycles. The first-order valence-electron chi connectivity index (χ1n) is 19.4. The van der Waals surface area contributed by atoms with Crippen LogP contribution in [0.4, 0.5) is 0 Å². The zero-order valence-electron chi connectivity index (χ0n) is 30.4. The van der Waals surface area contributed by atoms with E-state index in [0.29, 0.717) is 17.5 Å². The minimum atomic E-state index is 0.0728. The standard InChI is InChI=1S/C51H37N3O/c1-3-14-33(15-4-1)36-16-11-17-37(32-36)49-52-48(53-50(54-49)43-23-13-22-42-40-19-6-8-25-45(40)55-47(42)43)35-28-26-34(27-29-35)38-20-12-21-41-39-18-5-7-24-44(39)51(46(38)41)30-9-2-10-31-51/h1,3-8,11-29,32H,2,9-10,30-31H2. The summed E-state index contributed by atoms with van der Waals surface area (Å²) in [5.74, 6) is 1.82. The largest absolute Gasteiger partial charge is 0.455 e. The van der Waals surface area contributed by atoms with Gasteiger partial charge in [0.05, 0.1) is 5.56 Å². The average Bonchev–Trinajstić information content (AvgIpc) is 3.78. The predicted octanol–water partition coefficient (Wildman–Crippen LogP) is 13.3. The number of rotatable bonds is 5. The summed E-state index contributed by atoms with van der Waals surface area (Å²) in [7, 11) is 0. The molecule has 4 heteroatoms. The molecule has 1 fully saturated rings. The van der Waals surface area contributed by atoms with Crippen LogP contribution in [-0.4, -0.2) is 15.0 Å². The van der Waals surface area contributed by atoms with Crippen molar-refractivity contribution in [2.45, 2.75) is 37.5 Å². The Balaban J connectivity index is 1.06. The van der Waals surface area contributed by atoms with Gasteiger partial charge in [-0.15, -0.1) is 0 Å². The summed E-state index contributed by atoms with van der Waals surface area (Å²) in [4.78, 5) is 15.5. The van der Waals surface area contributed by atoms with Crippen LogP contribution in [-0.2, 0) is 5.41 Å². The van der Waals surface area contributed by atoms with E-state index in [1.54, 1.807) is 0 Å².